The number of imidazole rings is 1. The summed E-state index contributed by atoms with van der Waals surface area (Å²) in [6.07, 6.45) is 5.64. The van der Waals surface area contributed by atoms with Gasteiger partial charge in [-0.3, -0.25) is 9.38 Å². The smallest absolute Gasteiger partial charge is 0.0998 e. The minimum absolute atomic E-state index is 0.993. The van der Waals surface area contributed by atoms with Crippen molar-refractivity contribution in [3.05, 3.63) is 79.4 Å². The van der Waals surface area contributed by atoms with Crippen LogP contribution >= 0.6 is 0 Å². The Kier molecular flexibility index (Phi) is 2.35. The van der Waals surface area contributed by atoms with Crippen LogP contribution in [0.25, 0.3) is 48.9 Å². The molecule has 0 spiro atoms. The summed E-state index contributed by atoms with van der Waals surface area (Å²) in [4.78, 5) is 9.02. The van der Waals surface area contributed by atoms with Crippen molar-refractivity contribution in [3.63, 3.8) is 0 Å². The van der Waals surface area contributed by atoms with Crippen molar-refractivity contribution in [2.24, 2.45) is 0 Å². The van der Waals surface area contributed by atoms with E-state index >= 15 is 0 Å². The fourth-order valence-corrected chi connectivity index (χ4v) is 4.02. The van der Waals surface area contributed by atoms with Gasteiger partial charge in [0.25, 0.3) is 0 Å². The molecule has 0 aliphatic rings. The average Bonchev–Trinajstić information content (AvgIpc) is 3.17. The molecule has 0 radical (unpaired) electrons. The van der Waals surface area contributed by atoms with Gasteiger partial charge >= 0.3 is 0 Å². The number of benzene rings is 3. The Bertz CT molecular complexity index is 1440. The molecular formula is C22H13N3. The van der Waals surface area contributed by atoms with Crippen LogP contribution in [0, 0.1) is 0 Å². The molecule has 6 rings (SSSR count). The highest BCUT2D eigenvalue weighted by atomic mass is 15.0. The highest BCUT2D eigenvalue weighted by Crippen LogP contribution is 2.36. The van der Waals surface area contributed by atoms with Crippen molar-refractivity contribution < 1.29 is 0 Å². The zero-order chi connectivity index (χ0) is 16.4. The second kappa shape index (κ2) is 4.54. The van der Waals surface area contributed by atoms with Crippen molar-refractivity contribution in [2.75, 3.05) is 0 Å². The van der Waals surface area contributed by atoms with E-state index in [2.05, 4.69) is 69.0 Å². The third kappa shape index (κ3) is 1.59. The largest absolute Gasteiger partial charge is 0.296 e. The van der Waals surface area contributed by atoms with Crippen molar-refractivity contribution in [1.29, 1.82) is 0 Å². The maximum absolute atomic E-state index is 4.61. The summed E-state index contributed by atoms with van der Waals surface area (Å²) in [7, 11) is 0. The molecule has 0 N–H and O–H groups in total. The summed E-state index contributed by atoms with van der Waals surface area (Å²) in [5, 5.41) is 7.40. The monoisotopic (exact) mass is 319 g/mol. The molecule has 25 heavy (non-hydrogen) atoms. The summed E-state index contributed by atoms with van der Waals surface area (Å²) >= 11 is 0. The normalized spacial score (nSPS) is 12.0. The van der Waals surface area contributed by atoms with Crippen molar-refractivity contribution in [3.8, 4) is 0 Å². The molecule has 3 nitrogen and oxygen atoms in total. The van der Waals surface area contributed by atoms with Gasteiger partial charge in [0.05, 0.1) is 29.1 Å². The number of nitrogens with zero attached hydrogens (tertiary/aromatic N) is 3. The second-order valence-electron chi connectivity index (χ2n) is 6.39. The van der Waals surface area contributed by atoms with Gasteiger partial charge in [0.15, 0.2) is 0 Å². The molecule has 3 heteroatoms. The predicted octanol–water partition coefficient (Wildman–Crippen LogP) is 5.34. The van der Waals surface area contributed by atoms with E-state index in [1.807, 2.05) is 24.8 Å². The van der Waals surface area contributed by atoms with Crippen LogP contribution in [0.1, 0.15) is 0 Å². The SMILES string of the molecule is c1ccc2c(c1)ccc1ccc3c4cccnc4c4cncn4c3c12. The van der Waals surface area contributed by atoms with Crippen molar-refractivity contribution in [1.82, 2.24) is 14.4 Å². The van der Waals surface area contributed by atoms with Crippen LogP contribution in [-0.4, -0.2) is 14.4 Å². The maximum Gasteiger partial charge on any atom is 0.0998 e. The molecule has 3 heterocycles. The van der Waals surface area contributed by atoms with E-state index in [0.717, 1.165) is 11.0 Å². The number of pyridine rings is 2. The summed E-state index contributed by atoms with van der Waals surface area (Å²) in [6, 6.07) is 21.5. The highest BCUT2D eigenvalue weighted by molar-refractivity contribution is 6.24. The molecule has 6 aromatic rings. The first-order valence-electron chi connectivity index (χ1n) is 8.35. The molecule has 0 fully saturated rings. The lowest BCUT2D eigenvalue weighted by Crippen LogP contribution is -1.93. The van der Waals surface area contributed by atoms with Gasteiger partial charge < -0.3 is 0 Å². The van der Waals surface area contributed by atoms with Gasteiger partial charge in [-0.15, -0.1) is 0 Å². The first-order valence-corrected chi connectivity index (χ1v) is 8.35. The van der Waals surface area contributed by atoms with Gasteiger partial charge in [-0.05, 0) is 22.2 Å². The third-order valence-electron chi connectivity index (χ3n) is 5.10. The fourth-order valence-electron chi connectivity index (χ4n) is 4.02. The molecule has 0 saturated carbocycles. The molecule has 0 unspecified atom stereocenters. The molecule has 3 aromatic heterocycles. The average molecular weight is 319 g/mol. The summed E-state index contributed by atoms with van der Waals surface area (Å²) < 4.78 is 2.18. The Morgan fingerprint density at radius 1 is 0.720 bits per heavy atom. The molecule has 0 atom stereocenters. The van der Waals surface area contributed by atoms with Crippen LogP contribution in [0.15, 0.2) is 79.4 Å². The highest BCUT2D eigenvalue weighted by Gasteiger charge is 2.13. The number of rotatable bonds is 0. The van der Waals surface area contributed by atoms with E-state index < -0.39 is 0 Å². The number of aromatic nitrogens is 3. The van der Waals surface area contributed by atoms with Crippen LogP contribution in [0.5, 0.6) is 0 Å². The van der Waals surface area contributed by atoms with E-state index in [1.54, 1.807) is 0 Å². The van der Waals surface area contributed by atoms with Crippen molar-refractivity contribution >= 4 is 48.9 Å². The number of fused-ring (bicyclic) bond motifs is 10. The molecule has 0 amide bonds. The standard InChI is InChI=1S/C22H13N3/c1-2-5-16-14(4-1)7-8-15-9-10-18-17-6-3-11-24-21(17)19-12-23-13-25(19)22(18)20(15)16/h1-13H. The summed E-state index contributed by atoms with van der Waals surface area (Å²) in [5.74, 6) is 0. The zero-order valence-electron chi connectivity index (χ0n) is 13.3. The van der Waals surface area contributed by atoms with Crippen LogP contribution in [0.4, 0.5) is 0 Å². The summed E-state index contributed by atoms with van der Waals surface area (Å²) in [5.41, 5.74) is 3.23. The van der Waals surface area contributed by atoms with Gasteiger partial charge in [-0.1, -0.05) is 54.6 Å². The minimum Gasteiger partial charge on any atom is -0.296 e. The molecule has 116 valence electrons. The maximum atomic E-state index is 4.61. The van der Waals surface area contributed by atoms with Gasteiger partial charge in [0, 0.05) is 22.4 Å². The Labute approximate surface area is 143 Å². The first-order chi connectivity index (χ1) is 12.4. The molecular weight excluding hydrogens is 306 g/mol. The first kappa shape index (κ1) is 12.9. The van der Waals surface area contributed by atoms with E-state index in [9.17, 15) is 0 Å². The zero-order valence-corrected chi connectivity index (χ0v) is 13.3. The molecule has 0 aliphatic carbocycles. The van der Waals surface area contributed by atoms with E-state index in [0.29, 0.717) is 0 Å². The van der Waals surface area contributed by atoms with Crippen LogP contribution in [0.2, 0.25) is 0 Å². The third-order valence-corrected chi connectivity index (χ3v) is 5.10. The fraction of sp³-hybridized carbons (Fsp3) is 0. The second-order valence-corrected chi connectivity index (χ2v) is 6.39. The molecule has 0 aliphatic heterocycles. The van der Waals surface area contributed by atoms with Gasteiger partial charge in [0.2, 0.25) is 0 Å². The molecule has 0 saturated heterocycles. The van der Waals surface area contributed by atoms with Gasteiger partial charge in [-0.25, -0.2) is 4.98 Å². The van der Waals surface area contributed by atoms with Crippen molar-refractivity contribution in [2.45, 2.75) is 0 Å². The Balaban J connectivity index is 2.06. The van der Waals surface area contributed by atoms with E-state index in [4.69, 9.17) is 0 Å². The Morgan fingerprint density at radius 3 is 2.56 bits per heavy atom. The van der Waals surface area contributed by atoms with Gasteiger partial charge in [0.1, 0.15) is 0 Å². The topological polar surface area (TPSA) is 30.2 Å². The van der Waals surface area contributed by atoms with Crippen LogP contribution in [0.3, 0.4) is 0 Å². The van der Waals surface area contributed by atoms with Crippen LogP contribution < -0.4 is 0 Å². The summed E-state index contributed by atoms with van der Waals surface area (Å²) in [6.45, 7) is 0. The lowest BCUT2D eigenvalue weighted by molar-refractivity contribution is 1.22. The van der Waals surface area contributed by atoms with Gasteiger partial charge in [-0.2, -0.15) is 0 Å². The Hall–Kier alpha value is -3.46. The Morgan fingerprint density at radius 2 is 1.56 bits per heavy atom. The quantitative estimate of drug-likeness (QED) is 0.354. The number of hydrogen-bond acceptors (Lipinski definition) is 2. The van der Waals surface area contributed by atoms with E-state index in [1.165, 1.54) is 37.8 Å². The number of hydrogen-bond donors (Lipinski definition) is 0. The molecule has 0 bridgehead atoms. The lowest BCUT2D eigenvalue weighted by Gasteiger charge is -2.12. The predicted molar refractivity (Wildman–Crippen MR) is 103 cm³/mol. The minimum atomic E-state index is 0.993. The van der Waals surface area contributed by atoms with E-state index in [-0.39, 0.29) is 0 Å². The van der Waals surface area contributed by atoms with Crippen LogP contribution in [-0.2, 0) is 0 Å². The molecule has 3 aromatic carbocycles. The lowest BCUT2D eigenvalue weighted by atomic mass is 9.97.